The number of hydrogen-bond acceptors (Lipinski definition) is 4. The van der Waals surface area contributed by atoms with Crippen LogP contribution in [0.4, 0.5) is 8.78 Å². The summed E-state index contributed by atoms with van der Waals surface area (Å²) in [5.41, 5.74) is -0.645. The van der Waals surface area contributed by atoms with E-state index in [0.29, 0.717) is 0 Å². The minimum atomic E-state index is -1.40. The van der Waals surface area contributed by atoms with E-state index in [4.69, 9.17) is 4.42 Å². The molecule has 2 N–H and O–H groups in total. The molecule has 4 aromatic rings. The number of carbonyl (C=O) groups is 2. The largest absolute Gasteiger partial charge is 0.477 e. The monoisotopic (exact) mass is 436 g/mol. The number of carboxylic acid groups (broad SMARTS) is 1. The number of rotatable bonds is 4. The van der Waals surface area contributed by atoms with E-state index in [1.165, 1.54) is 23.0 Å². The quantitative estimate of drug-likeness (QED) is 0.503. The lowest BCUT2D eigenvalue weighted by Crippen LogP contribution is -2.16. The first-order valence-electron chi connectivity index (χ1n) is 9.59. The average molecular weight is 436 g/mol. The Morgan fingerprint density at radius 3 is 2.78 bits per heavy atom. The van der Waals surface area contributed by atoms with Crippen molar-refractivity contribution in [2.75, 3.05) is 0 Å². The number of benzene rings is 1. The smallest absolute Gasteiger partial charge is 0.353 e. The summed E-state index contributed by atoms with van der Waals surface area (Å²) in [7, 11) is 0. The molecule has 9 heteroatoms. The summed E-state index contributed by atoms with van der Waals surface area (Å²) in [6, 6.07) is 3.53. The van der Waals surface area contributed by atoms with Gasteiger partial charge in [-0.1, -0.05) is 18.2 Å². The second-order valence-electron chi connectivity index (χ2n) is 7.34. The summed E-state index contributed by atoms with van der Waals surface area (Å²) in [5.74, 6) is -3.15. The van der Waals surface area contributed by atoms with Crippen LogP contribution < -0.4 is 5.56 Å². The summed E-state index contributed by atoms with van der Waals surface area (Å²) in [6.07, 6.45) is 6.96. The number of pyridine rings is 1. The average Bonchev–Trinajstić information content (AvgIpc) is 3.35. The van der Waals surface area contributed by atoms with Crippen molar-refractivity contribution < 1.29 is 27.9 Å². The summed E-state index contributed by atoms with van der Waals surface area (Å²) >= 11 is 0. The van der Waals surface area contributed by atoms with Crippen LogP contribution in [-0.4, -0.2) is 26.4 Å². The molecule has 0 atom stereocenters. The van der Waals surface area contributed by atoms with E-state index in [1.807, 2.05) is 0 Å². The highest BCUT2D eigenvalue weighted by Crippen LogP contribution is 2.40. The van der Waals surface area contributed by atoms with E-state index in [-0.39, 0.29) is 63.0 Å². The lowest BCUT2D eigenvalue weighted by molar-refractivity contribution is -0.113. The zero-order valence-corrected chi connectivity index (χ0v) is 16.3. The number of H-pyrrole nitrogens is 1. The topological polar surface area (TPSA) is 105 Å². The molecule has 0 aliphatic heterocycles. The van der Waals surface area contributed by atoms with Gasteiger partial charge >= 0.3 is 5.97 Å². The summed E-state index contributed by atoms with van der Waals surface area (Å²) in [4.78, 5) is 39.0. The van der Waals surface area contributed by atoms with E-state index in [0.717, 1.165) is 18.3 Å². The highest BCUT2D eigenvalue weighted by Gasteiger charge is 2.31. The Kier molecular flexibility index (Phi) is 4.40. The molecular weight excluding hydrogens is 422 g/mol. The van der Waals surface area contributed by atoms with E-state index < -0.39 is 23.2 Å². The van der Waals surface area contributed by atoms with Crippen molar-refractivity contribution in [1.82, 2.24) is 9.55 Å². The Morgan fingerprint density at radius 1 is 1.22 bits per heavy atom. The first kappa shape index (κ1) is 19.7. The third kappa shape index (κ3) is 2.89. The molecule has 0 saturated carbocycles. The van der Waals surface area contributed by atoms with Gasteiger partial charge in [-0.05, 0) is 12.1 Å². The second kappa shape index (κ2) is 7.16. The van der Waals surface area contributed by atoms with Crippen molar-refractivity contribution in [3.8, 4) is 0 Å². The predicted molar refractivity (Wildman–Crippen MR) is 111 cm³/mol. The highest BCUT2D eigenvalue weighted by molar-refractivity contribution is 6.29. The van der Waals surface area contributed by atoms with E-state index in [1.54, 1.807) is 12.2 Å². The Morgan fingerprint density at radius 2 is 2.03 bits per heavy atom. The van der Waals surface area contributed by atoms with Gasteiger partial charge in [-0.25, -0.2) is 13.6 Å². The Balaban J connectivity index is 1.94. The molecule has 0 radical (unpaired) electrons. The lowest BCUT2D eigenvalue weighted by atomic mass is 9.93. The fraction of sp³-hybridized carbons (Fsp3) is 0.0870. The number of aromatic amines is 1. The van der Waals surface area contributed by atoms with Gasteiger partial charge in [0.05, 0.1) is 29.1 Å². The minimum absolute atomic E-state index is 0.0621. The Bertz CT molecular complexity index is 1570. The molecule has 0 bridgehead atoms. The number of ketones is 1. The molecule has 5 rings (SSSR count). The van der Waals surface area contributed by atoms with Gasteiger partial charge in [0.1, 0.15) is 22.9 Å². The predicted octanol–water partition coefficient (Wildman–Crippen LogP) is 4.01. The number of nitrogens with one attached hydrogen (secondary N) is 1. The van der Waals surface area contributed by atoms with Crippen LogP contribution in [-0.2, 0) is 11.3 Å². The molecule has 0 unspecified atom stereocenters. The summed E-state index contributed by atoms with van der Waals surface area (Å²) in [5, 5.41) is 10.4. The number of halogens is 2. The number of Topliss-reactive ketones (excluding diaryl/α,β-unsaturated/α-hetero) is 1. The molecular formula is C23H14F2N2O5. The van der Waals surface area contributed by atoms with Crippen LogP contribution in [0.3, 0.4) is 0 Å². The zero-order chi connectivity index (χ0) is 22.6. The third-order valence-electron chi connectivity index (χ3n) is 5.47. The standard InChI is InChI=1S/C23H14F2N2O5/c24-14-8-16-20(22-12(14)5-6-32-22)19(13-3-1-2-4-17(13)28)21(23(30)31)27(16)10-11-7-18(29)26-9-15(11)25/h1-3,5-9H,4,10H2,(H,26,29)(H,30,31). The normalized spacial score (nSPS) is 13.8. The van der Waals surface area contributed by atoms with Gasteiger partial charge in [0.25, 0.3) is 0 Å². The Labute approximate surface area is 177 Å². The van der Waals surface area contributed by atoms with Crippen LogP contribution >= 0.6 is 0 Å². The summed E-state index contributed by atoms with van der Waals surface area (Å²) < 4.78 is 35.9. The van der Waals surface area contributed by atoms with Gasteiger partial charge in [-0.15, -0.1) is 0 Å². The van der Waals surface area contributed by atoms with Crippen molar-refractivity contribution >= 4 is 39.2 Å². The van der Waals surface area contributed by atoms with Crippen LogP contribution in [0.2, 0.25) is 0 Å². The van der Waals surface area contributed by atoms with Gasteiger partial charge in [-0.2, -0.15) is 0 Å². The van der Waals surface area contributed by atoms with Crippen LogP contribution in [0, 0.1) is 11.6 Å². The maximum Gasteiger partial charge on any atom is 0.353 e. The molecule has 0 spiro atoms. The van der Waals surface area contributed by atoms with Crippen molar-refractivity contribution in [2.24, 2.45) is 0 Å². The highest BCUT2D eigenvalue weighted by atomic mass is 19.1. The maximum atomic E-state index is 14.8. The van der Waals surface area contributed by atoms with Crippen LogP contribution in [0.5, 0.6) is 0 Å². The molecule has 0 saturated heterocycles. The lowest BCUT2D eigenvalue weighted by Gasteiger charge is -2.11. The molecule has 0 fully saturated rings. The van der Waals surface area contributed by atoms with Gasteiger partial charge in [0, 0.05) is 35.4 Å². The van der Waals surface area contributed by atoms with Crippen LogP contribution in [0.15, 0.2) is 58.1 Å². The first-order chi connectivity index (χ1) is 15.4. The number of allylic oxidation sites excluding steroid dienone is 4. The summed E-state index contributed by atoms with van der Waals surface area (Å²) in [6.45, 7) is -0.378. The number of furan rings is 1. The van der Waals surface area contributed by atoms with Crippen LogP contribution in [0.1, 0.15) is 28.0 Å². The number of carbonyl (C=O) groups excluding carboxylic acids is 1. The van der Waals surface area contributed by atoms with Gasteiger partial charge in [0.15, 0.2) is 5.78 Å². The molecule has 7 nitrogen and oxygen atoms in total. The first-order valence-corrected chi connectivity index (χ1v) is 9.59. The molecule has 0 amide bonds. The van der Waals surface area contributed by atoms with E-state index in [2.05, 4.69) is 4.98 Å². The minimum Gasteiger partial charge on any atom is -0.477 e. The van der Waals surface area contributed by atoms with E-state index >= 15 is 0 Å². The third-order valence-corrected chi connectivity index (χ3v) is 5.47. The SMILES string of the molecule is O=C1CC=CC=C1c1c(C(=O)O)n(Cc2cc(=O)[nH]cc2F)c2cc(F)c3ccoc3c12. The number of fused-ring (bicyclic) bond motifs is 3. The van der Waals surface area contributed by atoms with Crippen LogP contribution in [0.25, 0.3) is 27.4 Å². The van der Waals surface area contributed by atoms with Gasteiger partial charge in [-0.3, -0.25) is 9.59 Å². The van der Waals surface area contributed by atoms with E-state index in [9.17, 15) is 28.3 Å². The second-order valence-corrected chi connectivity index (χ2v) is 7.34. The number of aromatic carboxylic acids is 1. The fourth-order valence-electron chi connectivity index (χ4n) is 4.11. The number of nitrogens with zero attached hydrogens (tertiary/aromatic N) is 1. The van der Waals surface area contributed by atoms with Crippen molar-refractivity contribution in [1.29, 1.82) is 0 Å². The molecule has 32 heavy (non-hydrogen) atoms. The van der Waals surface area contributed by atoms with Gasteiger partial charge < -0.3 is 19.1 Å². The molecule has 1 aliphatic rings. The molecule has 1 aliphatic carbocycles. The van der Waals surface area contributed by atoms with Crippen molar-refractivity contribution in [3.05, 3.63) is 87.7 Å². The van der Waals surface area contributed by atoms with Gasteiger partial charge in [0.2, 0.25) is 5.56 Å². The molecule has 160 valence electrons. The van der Waals surface area contributed by atoms with Crippen molar-refractivity contribution in [3.63, 3.8) is 0 Å². The fourth-order valence-corrected chi connectivity index (χ4v) is 4.11. The zero-order valence-electron chi connectivity index (χ0n) is 16.3. The number of aromatic nitrogens is 2. The molecule has 3 aromatic heterocycles. The number of hydrogen-bond donors (Lipinski definition) is 2. The molecule has 3 heterocycles. The molecule has 1 aromatic carbocycles. The maximum absolute atomic E-state index is 14.8. The number of carboxylic acids is 1. The van der Waals surface area contributed by atoms with Crippen molar-refractivity contribution in [2.45, 2.75) is 13.0 Å². The Hall–Kier alpha value is -4.27.